The average Bonchev–Trinajstić information content (AvgIpc) is 2.87. The van der Waals surface area contributed by atoms with Gasteiger partial charge < -0.3 is 5.32 Å². The van der Waals surface area contributed by atoms with Crippen LogP contribution in [0.2, 0.25) is 0 Å². The van der Waals surface area contributed by atoms with E-state index in [-0.39, 0.29) is 0 Å². The first-order valence-electron chi connectivity index (χ1n) is 5.25. The van der Waals surface area contributed by atoms with Crippen LogP contribution in [0.1, 0.15) is 38.5 Å². The summed E-state index contributed by atoms with van der Waals surface area (Å²) >= 11 is 0. The van der Waals surface area contributed by atoms with E-state index in [1.807, 2.05) is 6.08 Å². The van der Waals surface area contributed by atoms with Crippen molar-refractivity contribution in [2.24, 2.45) is 5.92 Å². The summed E-state index contributed by atoms with van der Waals surface area (Å²) in [5, 5.41) is 3.46. The molecule has 0 atom stereocenters. The van der Waals surface area contributed by atoms with Gasteiger partial charge in [-0.25, -0.2) is 0 Å². The molecule has 0 saturated heterocycles. The minimum absolute atomic E-state index is 1.10. The Morgan fingerprint density at radius 3 is 2.67 bits per heavy atom. The molecule has 0 unspecified atom stereocenters. The SMILES string of the molecule is C=CCCCNCCCC1CC1. The van der Waals surface area contributed by atoms with Crippen molar-refractivity contribution >= 4 is 0 Å². The first-order chi connectivity index (χ1) is 5.93. The van der Waals surface area contributed by atoms with Crippen LogP contribution in [-0.2, 0) is 0 Å². The van der Waals surface area contributed by atoms with Crippen molar-refractivity contribution in [3.05, 3.63) is 12.7 Å². The Labute approximate surface area is 76.2 Å². The van der Waals surface area contributed by atoms with Gasteiger partial charge in [-0.2, -0.15) is 0 Å². The summed E-state index contributed by atoms with van der Waals surface area (Å²) in [5.74, 6) is 1.10. The predicted molar refractivity (Wildman–Crippen MR) is 54.3 cm³/mol. The van der Waals surface area contributed by atoms with E-state index in [1.165, 1.54) is 38.6 Å². The van der Waals surface area contributed by atoms with Gasteiger partial charge >= 0.3 is 0 Å². The Kier molecular flexibility index (Phi) is 5.09. The van der Waals surface area contributed by atoms with Gasteiger partial charge in [0.2, 0.25) is 0 Å². The third-order valence-electron chi connectivity index (χ3n) is 2.42. The third-order valence-corrected chi connectivity index (χ3v) is 2.42. The van der Waals surface area contributed by atoms with Crippen LogP contribution in [-0.4, -0.2) is 13.1 Å². The molecule has 0 aromatic rings. The molecule has 0 aromatic carbocycles. The molecular formula is C11H21N. The summed E-state index contributed by atoms with van der Waals surface area (Å²) in [6.07, 6.45) is 10.2. The zero-order valence-corrected chi connectivity index (χ0v) is 8.02. The number of unbranched alkanes of at least 4 members (excludes halogenated alkanes) is 1. The van der Waals surface area contributed by atoms with E-state index < -0.39 is 0 Å². The summed E-state index contributed by atoms with van der Waals surface area (Å²) in [7, 11) is 0. The van der Waals surface area contributed by atoms with E-state index >= 15 is 0 Å². The minimum Gasteiger partial charge on any atom is -0.317 e. The molecule has 1 fully saturated rings. The van der Waals surface area contributed by atoms with Gasteiger partial charge in [0.1, 0.15) is 0 Å². The Morgan fingerprint density at radius 1 is 1.25 bits per heavy atom. The molecule has 0 amide bonds. The normalized spacial score (nSPS) is 16.3. The van der Waals surface area contributed by atoms with Crippen LogP contribution in [0.3, 0.4) is 0 Å². The van der Waals surface area contributed by atoms with Gasteiger partial charge in [-0.05, 0) is 44.7 Å². The molecule has 0 heterocycles. The second kappa shape index (κ2) is 6.24. The lowest BCUT2D eigenvalue weighted by Gasteiger charge is -2.02. The Morgan fingerprint density at radius 2 is 2.00 bits per heavy atom. The molecule has 0 bridgehead atoms. The standard InChI is InChI=1S/C11H21N/c1-2-3-4-9-12-10-5-6-11-7-8-11/h2,11-12H,1,3-10H2. The molecule has 0 aliphatic heterocycles. The molecule has 1 saturated carbocycles. The lowest BCUT2D eigenvalue weighted by atomic mass is 10.2. The Bertz CT molecular complexity index is 116. The van der Waals surface area contributed by atoms with Gasteiger partial charge in [0.05, 0.1) is 0 Å². The van der Waals surface area contributed by atoms with Gasteiger partial charge in [0, 0.05) is 0 Å². The Hall–Kier alpha value is -0.300. The quantitative estimate of drug-likeness (QED) is 0.433. The molecule has 0 spiro atoms. The van der Waals surface area contributed by atoms with Crippen molar-refractivity contribution in [3.8, 4) is 0 Å². The highest BCUT2D eigenvalue weighted by atomic mass is 14.8. The fourth-order valence-electron chi connectivity index (χ4n) is 1.42. The maximum Gasteiger partial charge on any atom is -0.00460 e. The van der Waals surface area contributed by atoms with Gasteiger partial charge in [-0.1, -0.05) is 18.9 Å². The van der Waals surface area contributed by atoms with E-state index in [9.17, 15) is 0 Å². The third kappa shape index (κ3) is 5.36. The highest BCUT2D eigenvalue weighted by Gasteiger charge is 2.19. The highest BCUT2D eigenvalue weighted by Crippen LogP contribution is 2.33. The summed E-state index contributed by atoms with van der Waals surface area (Å²) in [4.78, 5) is 0. The van der Waals surface area contributed by atoms with Crippen molar-refractivity contribution < 1.29 is 0 Å². The first kappa shape index (κ1) is 9.79. The van der Waals surface area contributed by atoms with Gasteiger partial charge in [0.15, 0.2) is 0 Å². The second-order valence-corrected chi connectivity index (χ2v) is 3.77. The largest absolute Gasteiger partial charge is 0.317 e. The smallest absolute Gasteiger partial charge is 0.00460 e. The van der Waals surface area contributed by atoms with Gasteiger partial charge in [0.25, 0.3) is 0 Å². The van der Waals surface area contributed by atoms with Gasteiger partial charge in [-0.15, -0.1) is 6.58 Å². The molecule has 0 radical (unpaired) electrons. The summed E-state index contributed by atoms with van der Waals surface area (Å²) in [6.45, 7) is 6.08. The van der Waals surface area contributed by atoms with Crippen LogP contribution in [0.4, 0.5) is 0 Å². The number of rotatable bonds is 8. The molecular weight excluding hydrogens is 146 g/mol. The molecule has 0 aromatic heterocycles. The summed E-state index contributed by atoms with van der Waals surface area (Å²) in [6, 6.07) is 0. The summed E-state index contributed by atoms with van der Waals surface area (Å²) in [5.41, 5.74) is 0. The number of hydrogen-bond acceptors (Lipinski definition) is 1. The van der Waals surface area contributed by atoms with Crippen LogP contribution in [0.5, 0.6) is 0 Å². The van der Waals surface area contributed by atoms with Crippen LogP contribution in [0, 0.1) is 5.92 Å². The van der Waals surface area contributed by atoms with Crippen LogP contribution in [0.25, 0.3) is 0 Å². The van der Waals surface area contributed by atoms with Crippen LogP contribution >= 0.6 is 0 Å². The second-order valence-electron chi connectivity index (χ2n) is 3.77. The first-order valence-corrected chi connectivity index (χ1v) is 5.25. The lowest BCUT2D eigenvalue weighted by Crippen LogP contribution is -2.16. The molecule has 70 valence electrons. The number of allylic oxidation sites excluding steroid dienone is 1. The zero-order valence-electron chi connectivity index (χ0n) is 8.02. The fourth-order valence-corrected chi connectivity index (χ4v) is 1.42. The summed E-state index contributed by atoms with van der Waals surface area (Å²) < 4.78 is 0. The Balaban J connectivity index is 1.67. The lowest BCUT2D eigenvalue weighted by molar-refractivity contribution is 0.583. The maximum atomic E-state index is 3.70. The van der Waals surface area contributed by atoms with Crippen molar-refractivity contribution in [3.63, 3.8) is 0 Å². The minimum atomic E-state index is 1.10. The molecule has 1 N–H and O–H groups in total. The average molecular weight is 167 g/mol. The van der Waals surface area contributed by atoms with Crippen LogP contribution in [0.15, 0.2) is 12.7 Å². The molecule has 12 heavy (non-hydrogen) atoms. The molecule has 1 nitrogen and oxygen atoms in total. The highest BCUT2D eigenvalue weighted by molar-refractivity contribution is 4.73. The van der Waals surface area contributed by atoms with Gasteiger partial charge in [-0.3, -0.25) is 0 Å². The monoisotopic (exact) mass is 167 g/mol. The number of nitrogens with one attached hydrogen (secondary N) is 1. The molecule has 1 aliphatic carbocycles. The zero-order chi connectivity index (χ0) is 8.65. The van der Waals surface area contributed by atoms with Crippen molar-refractivity contribution in [1.29, 1.82) is 0 Å². The van der Waals surface area contributed by atoms with E-state index in [4.69, 9.17) is 0 Å². The van der Waals surface area contributed by atoms with E-state index in [0.717, 1.165) is 18.9 Å². The fraction of sp³-hybridized carbons (Fsp3) is 0.818. The van der Waals surface area contributed by atoms with Crippen molar-refractivity contribution in [2.75, 3.05) is 13.1 Å². The molecule has 1 heteroatoms. The maximum absolute atomic E-state index is 3.70. The van der Waals surface area contributed by atoms with Crippen molar-refractivity contribution in [1.82, 2.24) is 5.32 Å². The molecule has 1 aliphatic rings. The van der Waals surface area contributed by atoms with E-state index in [0.29, 0.717) is 0 Å². The van der Waals surface area contributed by atoms with Crippen LogP contribution < -0.4 is 5.32 Å². The van der Waals surface area contributed by atoms with E-state index in [2.05, 4.69) is 11.9 Å². The topological polar surface area (TPSA) is 12.0 Å². The number of hydrogen-bond donors (Lipinski definition) is 1. The van der Waals surface area contributed by atoms with Crippen molar-refractivity contribution in [2.45, 2.75) is 38.5 Å². The predicted octanol–water partition coefficient (Wildman–Crippen LogP) is 2.73. The molecule has 1 rings (SSSR count). The van der Waals surface area contributed by atoms with E-state index in [1.54, 1.807) is 0 Å².